The van der Waals surface area contributed by atoms with E-state index >= 15 is 0 Å². The van der Waals surface area contributed by atoms with Crippen molar-refractivity contribution in [1.29, 1.82) is 0 Å². The molecule has 0 bridgehead atoms. The van der Waals surface area contributed by atoms with Gasteiger partial charge in [0.05, 0.1) is 17.5 Å². The molecule has 2 N–H and O–H groups in total. The van der Waals surface area contributed by atoms with Gasteiger partial charge in [0, 0.05) is 24.0 Å². The Kier molecular flexibility index (Phi) is 3.31. The number of nitrogens with zero attached hydrogens (tertiary/aromatic N) is 1. The Morgan fingerprint density at radius 3 is 3.00 bits per heavy atom. The summed E-state index contributed by atoms with van der Waals surface area (Å²) in [6, 6.07) is -0.367. The number of carbonyl (C=O) groups excluding carboxylic acids is 2. The van der Waals surface area contributed by atoms with Gasteiger partial charge in [0.2, 0.25) is 11.8 Å². The van der Waals surface area contributed by atoms with Gasteiger partial charge in [-0.25, -0.2) is 4.98 Å². The summed E-state index contributed by atoms with van der Waals surface area (Å²) in [7, 11) is 0. The Morgan fingerprint density at radius 2 is 2.44 bits per heavy atom. The molecule has 0 aromatic carbocycles. The van der Waals surface area contributed by atoms with E-state index in [0.717, 1.165) is 17.1 Å². The second kappa shape index (κ2) is 4.71. The number of carbonyl (C=O) groups is 2. The van der Waals surface area contributed by atoms with Crippen LogP contribution in [0.4, 0.5) is 0 Å². The van der Waals surface area contributed by atoms with Crippen molar-refractivity contribution in [2.45, 2.75) is 25.8 Å². The van der Waals surface area contributed by atoms with E-state index in [9.17, 15) is 9.59 Å². The first-order chi connectivity index (χ1) is 7.65. The standard InChI is InChI=1S/C10H13N3O2S/c1-6-5-16-9(12-6)2-3-11-7-4-8(14)13-10(7)15/h5,7,11H,2-4H2,1H3,(H,13,14,15). The van der Waals surface area contributed by atoms with Crippen molar-refractivity contribution in [3.8, 4) is 0 Å². The smallest absolute Gasteiger partial charge is 0.244 e. The minimum Gasteiger partial charge on any atom is -0.305 e. The van der Waals surface area contributed by atoms with Gasteiger partial charge in [0.1, 0.15) is 0 Å². The third kappa shape index (κ3) is 2.65. The third-order valence-electron chi connectivity index (χ3n) is 2.36. The molecule has 86 valence electrons. The van der Waals surface area contributed by atoms with E-state index in [1.807, 2.05) is 12.3 Å². The third-order valence-corrected chi connectivity index (χ3v) is 3.39. The predicted molar refractivity (Wildman–Crippen MR) is 60.1 cm³/mol. The number of thiazole rings is 1. The number of amides is 2. The normalized spacial score (nSPS) is 20.2. The summed E-state index contributed by atoms with van der Waals surface area (Å²) in [5.74, 6) is -0.423. The van der Waals surface area contributed by atoms with Gasteiger partial charge in [-0.3, -0.25) is 14.9 Å². The van der Waals surface area contributed by atoms with Crippen LogP contribution >= 0.6 is 11.3 Å². The van der Waals surface area contributed by atoms with Crippen LogP contribution in [0.2, 0.25) is 0 Å². The maximum absolute atomic E-state index is 11.2. The molecule has 1 aromatic heterocycles. The fraction of sp³-hybridized carbons (Fsp3) is 0.500. The van der Waals surface area contributed by atoms with Crippen molar-refractivity contribution in [3.05, 3.63) is 16.1 Å². The first-order valence-electron chi connectivity index (χ1n) is 5.13. The molecule has 0 spiro atoms. The summed E-state index contributed by atoms with van der Waals surface area (Å²) in [4.78, 5) is 26.5. The van der Waals surface area contributed by atoms with Crippen LogP contribution in [-0.2, 0) is 16.0 Å². The van der Waals surface area contributed by atoms with Crippen molar-refractivity contribution >= 4 is 23.2 Å². The van der Waals surface area contributed by atoms with E-state index < -0.39 is 0 Å². The van der Waals surface area contributed by atoms with E-state index in [2.05, 4.69) is 15.6 Å². The molecule has 0 radical (unpaired) electrons. The molecule has 1 aliphatic rings. The molecule has 16 heavy (non-hydrogen) atoms. The lowest BCUT2D eigenvalue weighted by Crippen LogP contribution is -2.37. The molecule has 1 fully saturated rings. The van der Waals surface area contributed by atoms with E-state index in [0.29, 0.717) is 6.54 Å². The van der Waals surface area contributed by atoms with Crippen LogP contribution in [0, 0.1) is 6.92 Å². The summed E-state index contributed by atoms with van der Waals surface area (Å²) in [6.45, 7) is 2.62. The molecule has 1 unspecified atom stereocenters. The second-order valence-electron chi connectivity index (χ2n) is 3.76. The second-order valence-corrected chi connectivity index (χ2v) is 4.70. The fourth-order valence-electron chi connectivity index (χ4n) is 1.59. The summed E-state index contributed by atoms with van der Waals surface area (Å²) in [5.41, 5.74) is 1.02. The van der Waals surface area contributed by atoms with Crippen LogP contribution in [0.3, 0.4) is 0 Å². The van der Waals surface area contributed by atoms with Crippen molar-refractivity contribution < 1.29 is 9.59 Å². The van der Waals surface area contributed by atoms with Gasteiger partial charge in [-0.2, -0.15) is 0 Å². The van der Waals surface area contributed by atoms with Gasteiger partial charge in [-0.15, -0.1) is 11.3 Å². The zero-order valence-electron chi connectivity index (χ0n) is 8.95. The SMILES string of the molecule is Cc1csc(CCNC2CC(=O)NC2=O)n1. The number of aryl methyl sites for hydroxylation is 1. The lowest BCUT2D eigenvalue weighted by molar-refractivity contribution is -0.125. The fourth-order valence-corrected chi connectivity index (χ4v) is 2.37. The highest BCUT2D eigenvalue weighted by atomic mass is 32.1. The average Bonchev–Trinajstić information content (AvgIpc) is 2.74. The Hall–Kier alpha value is -1.27. The molecule has 2 heterocycles. The van der Waals surface area contributed by atoms with Crippen LogP contribution in [0.5, 0.6) is 0 Å². The lowest BCUT2D eigenvalue weighted by atomic mass is 10.2. The minimum absolute atomic E-state index is 0.201. The van der Waals surface area contributed by atoms with Crippen LogP contribution in [0.25, 0.3) is 0 Å². The summed E-state index contributed by atoms with van der Waals surface area (Å²) >= 11 is 1.61. The van der Waals surface area contributed by atoms with E-state index in [1.54, 1.807) is 11.3 Å². The molecule has 0 saturated carbocycles. The average molecular weight is 239 g/mol. The molecule has 2 rings (SSSR count). The Bertz CT molecular complexity index is 416. The first kappa shape index (κ1) is 11.2. The minimum atomic E-state index is -0.367. The van der Waals surface area contributed by atoms with Crippen LogP contribution in [0.1, 0.15) is 17.1 Å². The number of aromatic nitrogens is 1. The number of hydrogen-bond donors (Lipinski definition) is 2. The highest BCUT2D eigenvalue weighted by molar-refractivity contribution is 7.09. The molecule has 1 aromatic rings. The topological polar surface area (TPSA) is 71.1 Å². The highest BCUT2D eigenvalue weighted by Crippen LogP contribution is 2.09. The molecular formula is C10H13N3O2S. The van der Waals surface area contributed by atoms with Crippen LogP contribution < -0.4 is 10.6 Å². The molecule has 5 nitrogen and oxygen atoms in total. The Balaban J connectivity index is 1.76. The van der Waals surface area contributed by atoms with Gasteiger partial charge >= 0.3 is 0 Å². The van der Waals surface area contributed by atoms with E-state index in [-0.39, 0.29) is 24.3 Å². The van der Waals surface area contributed by atoms with Crippen molar-refractivity contribution in [3.63, 3.8) is 0 Å². The zero-order valence-corrected chi connectivity index (χ0v) is 9.76. The Morgan fingerprint density at radius 1 is 1.62 bits per heavy atom. The molecule has 0 aliphatic carbocycles. The number of imide groups is 1. The lowest BCUT2D eigenvalue weighted by Gasteiger charge is -2.07. The maximum atomic E-state index is 11.2. The number of rotatable bonds is 4. The van der Waals surface area contributed by atoms with Gasteiger partial charge < -0.3 is 5.32 Å². The van der Waals surface area contributed by atoms with Crippen molar-refractivity contribution in [1.82, 2.24) is 15.6 Å². The zero-order chi connectivity index (χ0) is 11.5. The van der Waals surface area contributed by atoms with Crippen molar-refractivity contribution in [2.75, 3.05) is 6.54 Å². The molecule has 1 saturated heterocycles. The quantitative estimate of drug-likeness (QED) is 0.725. The predicted octanol–water partition coefficient (Wildman–Crippen LogP) is -0.00128. The van der Waals surface area contributed by atoms with Crippen LogP contribution in [0.15, 0.2) is 5.38 Å². The monoisotopic (exact) mass is 239 g/mol. The van der Waals surface area contributed by atoms with Crippen LogP contribution in [-0.4, -0.2) is 29.4 Å². The van der Waals surface area contributed by atoms with E-state index in [1.165, 1.54) is 0 Å². The number of nitrogens with one attached hydrogen (secondary N) is 2. The highest BCUT2D eigenvalue weighted by Gasteiger charge is 2.29. The van der Waals surface area contributed by atoms with Gasteiger partial charge in [-0.1, -0.05) is 0 Å². The summed E-state index contributed by atoms with van der Waals surface area (Å²) in [6.07, 6.45) is 1.03. The molecule has 2 amide bonds. The molecule has 6 heteroatoms. The molecule has 1 atom stereocenters. The van der Waals surface area contributed by atoms with Gasteiger partial charge in [0.25, 0.3) is 0 Å². The van der Waals surface area contributed by atoms with Gasteiger partial charge in [0.15, 0.2) is 0 Å². The number of hydrogen-bond acceptors (Lipinski definition) is 5. The Labute approximate surface area is 97.3 Å². The molecular weight excluding hydrogens is 226 g/mol. The summed E-state index contributed by atoms with van der Waals surface area (Å²) in [5, 5.41) is 8.37. The molecule has 1 aliphatic heterocycles. The summed E-state index contributed by atoms with van der Waals surface area (Å²) < 4.78 is 0. The maximum Gasteiger partial charge on any atom is 0.244 e. The first-order valence-corrected chi connectivity index (χ1v) is 6.01. The van der Waals surface area contributed by atoms with Gasteiger partial charge in [-0.05, 0) is 6.92 Å². The largest absolute Gasteiger partial charge is 0.305 e. The van der Waals surface area contributed by atoms with E-state index in [4.69, 9.17) is 0 Å². The van der Waals surface area contributed by atoms with Crippen molar-refractivity contribution in [2.24, 2.45) is 0 Å².